The number of rotatable bonds is 6. The number of nitrogens with zero attached hydrogens (tertiary/aromatic N) is 5. The fraction of sp³-hybridized carbons (Fsp3) is 0.591. The van der Waals surface area contributed by atoms with E-state index in [1.54, 1.807) is 27.7 Å². The number of imidazole rings is 1. The van der Waals surface area contributed by atoms with Gasteiger partial charge in [-0.15, -0.1) is 0 Å². The van der Waals surface area contributed by atoms with Crippen LogP contribution in [0.25, 0.3) is 11.0 Å². The molecule has 3 heterocycles. The van der Waals surface area contributed by atoms with Crippen molar-refractivity contribution in [2.24, 2.45) is 0 Å². The molecule has 0 bridgehead atoms. The molecule has 2 aromatic rings. The lowest BCUT2D eigenvalue weighted by Gasteiger charge is -2.35. The topological polar surface area (TPSA) is 61.7 Å². The third kappa shape index (κ3) is 5.58. The van der Waals surface area contributed by atoms with E-state index >= 15 is 0 Å². The smallest absolute Gasteiger partial charge is 0.291 e. The molecule has 1 aromatic heterocycles. The van der Waals surface area contributed by atoms with Gasteiger partial charge in [-0.1, -0.05) is 25.0 Å². The van der Waals surface area contributed by atoms with Crippen molar-refractivity contribution < 1.29 is 18.4 Å². The van der Waals surface area contributed by atoms with E-state index in [1.165, 1.54) is 12.8 Å². The standard InChI is InChI=1S/C22H29F2N5O2S/c23-21(24)32-22-25-17-7-3-4-8-18(17)29(22)16-20(31)28-13-11-26(12-14-28)15-19(30)27-9-5-1-2-6-10-27/h3-4,7-8,21H,1-2,5-6,9-16H2. The third-order valence-electron chi connectivity index (χ3n) is 6.15. The number of likely N-dealkylation sites (tertiary alicyclic amines) is 1. The van der Waals surface area contributed by atoms with E-state index in [-0.39, 0.29) is 23.5 Å². The highest BCUT2D eigenvalue weighted by molar-refractivity contribution is 7.99. The van der Waals surface area contributed by atoms with E-state index in [2.05, 4.69) is 9.88 Å². The van der Waals surface area contributed by atoms with Crippen molar-refractivity contribution in [1.82, 2.24) is 24.3 Å². The molecule has 2 amide bonds. The molecule has 2 aliphatic heterocycles. The van der Waals surface area contributed by atoms with Gasteiger partial charge in [-0.25, -0.2) is 4.98 Å². The second-order valence-corrected chi connectivity index (χ2v) is 9.26. The van der Waals surface area contributed by atoms with E-state index in [9.17, 15) is 18.4 Å². The fourth-order valence-electron chi connectivity index (χ4n) is 4.38. The lowest BCUT2D eigenvalue weighted by atomic mass is 10.2. The Morgan fingerprint density at radius 1 is 0.875 bits per heavy atom. The Labute approximate surface area is 190 Å². The number of carbonyl (C=O) groups is 2. The molecule has 0 spiro atoms. The summed E-state index contributed by atoms with van der Waals surface area (Å²) in [5.41, 5.74) is 1.27. The summed E-state index contributed by atoms with van der Waals surface area (Å²) >= 11 is 0.359. The minimum atomic E-state index is -2.61. The van der Waals surface area contributed by atoms with Crippen LogP contribution in [-0.4, -0.2) is 87.6 Å². The van der Waals surface area contributed by atoms with Gasteiger partial charge in [0.05, 0.1) is 17.6 Å². The van der Waals surface area contributed by atoms with Crippen LogP contribution >= 0.6 is 11.8 Å². The van der Waals surface area contributed by atoms with E-state index in [0.717, 1.165) is 25.9 Å². The molecule has 2 fully saturated rings. The number of hydrogen-bond donors (Lipinski definition) is 0. The van der Waals surface area contributed by atoms with Gasteiger partial charge >= 0.3 is 0 Å². The Hall–Kier alpha value is -2.20. The van der Waals surface area contributed by atoms with Crippen LogP contribution in [0.2, 0.25) is 0 Å². The average molecular weight is 466 g/mol. The summed E-state index contributed by atoms with van der Waals surface area (Å²) in [5.74, 6) is -2.56. The molecule has 0 aliphatic carbocycles. The molecule has 32 heavy (non-hydrogen) atoms. The quantitative estimate of drug-likeness (QED) is 0.614. The Bertz CT molecular complexity index is 938. The molecule has 10 heteroatoms. The molecule has 4 rings (SSSR count). The van der Waals surface area contributed by atoms with Gasteiger partial charge in [0.2, 0.25) is 11.8 Å². The zero-order valence-corrected chi connectivity index (χ0v) is 18.9. The summed E-state index contributed by atoms with van der Waals surface area (Å²) in [6.07, 6.45) is 4.52. The number of amides is 2. The van der Waals surface area contributed by atoms with Crippen molar-refractivity contribution in [2.45, 2.75) is 43.1 Å². The Balaban J connectivity index is 1.33. The molecule has 2 saturated heterocycles. The van der Waals surface area contributed by atoms with Gasteiger partial charge in [0.25, 0.3) is 5.76 Å². The van der Waals surface area contributed by atoms with Crippen LogP contribution in [0.4, 0.5) is 8.78 Å². The van der Waals surface area contributed by atoms with Crippen molar-refractivity contribution in [2.75, 3.05) is 45.8 Å². The van der Waals surface area contributed by atoms with E-state index in [0.29, 0.717) is 55.5 Å². The number of para-hydroxylation sites is 2. The SMILES string of the molecule is O=C(CN1CCN(C(=O)Cn2c(SC(F)F)nc3ccccc32)CC1)N1CCCCCC1. The van der Waals surface area contributed by atoms with E-state index < -0.39 is 5.76 Å². The molecule has 0 radical (unpaired) electrons. The highest BCUT2D eigenvalue weighted by Crippen LogP contribution is 2.28. The molecular weight excluding hydrogens is 436 g/mol. The summed E-state index contributed by atoms with van der Waals surface area (Å²) in [4.78, 5) is 35.7. The predicted octanol–water partition coefficient (Wildman–Crippen LogP) is 2.90. The molecule has 0 N–H and O–H groups in total. The maximum absolute atomic E-state index is 13.0. The average Bonchev–Trinajstić information content (AvgIpc) is 2.94. The van der Waals surface area contributed by atoms with Gasteiger partial charge in [-0.05, 0) is 36.7 Å². The number of halogens is 2. The number of piperazine rings is 1. The summed E-state index contributed by atoms with van der Waals surface area (Å²) < 4.78 is 27.6. The zero-order chi connectivity index (χ0) is 22.5. The van der Waals surface area contributed by atoms with Crippen LogP contribution < -0.4 is 0 Å². The van der Waals surface area contributed by atoms with Crippen molar-refractivity contribution in [3.63, 3.8) is 0 Å². The number of carbonyl (C=O) groups excluding carboxylic acids is 2. The predicted molar refractivity (Wildman–Crippen MR) is 120 cm³/mol. The Morgan fingerprint density at radius 3 is 2.19 bits per heavy atom. The van der Waals surface area contributed by atoms with Gasteiger partial charge in [0.1, 0.15) is 6.54 Å². The van der Waals surface area contributed by atoms with Crippen molar-refractivity contribution in [1.29, 1.82) is 0 Å². The lowest BCUT2D eigenvalue weighted by Crippen LogP contribution is -2.52. The minimum Gasteiger partial charge on any atom is -0.342 e. The van der Waals surface area contributed by atoms with E-state index in [1.807, 2.05) is 11.0 Å². The summed E-state index contributed by atoms with van der Waals surface area (Å²) in [6, 6.07) is 7.15. The highest BCUT2D eigenvalue weighted by Gasteiger charge is 2.26. The zero-order valence-electron chi connectivity index (χ0n) is 18.1. The number of aromatic nitrogens is 2. The van der Waals surface area contributed by atoms with Gasteiger partial charge in [0.15, 0.2) is 5.16 Å². The van der Waals surface area contributed by atoms with Gasteiger partial charge < -0.3 is 14.4 Å². The maximum Gasteiger partial charge on any atom is 0.291 e. The van der Waals surface area contributed by atoms with Crippen LogP contribution in [-0.2, 0) is 16.1 Å². The van der Waals surface area contributed by atoms with Crippen molar-refractivity contribution >= 4 is 34.6 Å². The Morgan fingerprint density at radius 2 is 1.50 bits per heavy atom. The summed E-state index contributed by atoms with van der Waals surface area (Å²) in [5, 5.41) is 0.149. The molecule has 0 saturated carbocycles. The first kappa shape index (κ1) is 23.0. The molecule has 0 unspecified atom stereocenters. The van der Waals surface area contributed by atoms with E-state index in [4.69, 9.17) is 0 Å². The van der Waals surface area contributed by atoms with Crippen LogP contribution in [0.3, 0.4) is 0 Å². The minimum absolute atomic E-state index is 0.0255. The fourth-order valence-corrected chi connectivity index (χ4v) is 4.98. The first-order valence-electron chi connectivity index (χ1n) is 11.2. The Kier molecular flexibility index (Phi) is 7.62. The number of alkyl halides is 2. The molecule has 0 atom stereocenters. The maximum atomic E-state index is 13.0. The number of thioether (sulfide) groups is 1. The monoisotopic (exact) mass is 465 g/mol. The third-order valence-corrected chi connectivity index (χ3v) is 6.85. The van der Waals surface area contributed by atoms with Crippen LogP contribution in [0.1, 0.15) is 25.7 Å². The molecule has 2 aliphatic rings. The van der Waals surface area contributed by atoms with Crippen molar-refractivity contribution in [3.05, 3.63) is 24.3 Å². The normalized spacial score (nSPS) is 18.3. The van der Waals surface area contributed by atoms with Crippen LogP contribution in [0.15, 0.2) is 29.4 Å². The van der Waals surface area contributed by atoms with Gasteiger partial charge in [-0.3, -0.25) is 14.5 Å². The van der Waals surface area contributed by atoms with Crippen molar-refractivity contribution in [3.8, 4) is 0 Å². The molecule has 174 valence electrons. The molecular formula is C22H29F2N5O2S. The number of fused-ring (bicyclic) bond motifs is 1. The summed E-state index contributed by atoms with van der Waals surface area (Å²) in [6.45, 7) is 4.37. The second-order valence-electron chi connectivity index (χ2n) is 8.30. The molecule has 1 aromatic carbocycles. The lowest BCUT2D eigenvalue weighted by molar-refractivity contribution is -0.135. The summed E-state index contributed by atoms with van der Waals surface area (Å²) in [7, 11) is 0. The molecule has 7 nitrogen and oxygen atoms in total. The number of benzene rings is 1. The van der Waals surface area contributed by atoms with Gasteiger partial charge in [-0.2, -0.15) is 8.78 Å². The second kappa shape index (κ2) is 10.6. The largest absolute Gasteiger partial charge is 0.342 e. The number of hydrogen-bond acceptors (Lipinski definition) is 5. The van der Waals surface area contributed by atoms with Crippen LogP contribution in [0, 0.1) is 0 Å². The van der Waals surface area contributed by atoms with Crippen LogP contribution in [0.5, 0.6) is 0 Å². The highest BCUT2D eigenvalue weighted by atomic mass is 32.2. The first-order chi connectivity index (χ1) is 15.5. The first-order valence-corrected chi connectivity index (χ1v) is 12.1. The van der Waals surface area contributed by atoms with Gasteiger partial charge in [0, 0.05) is 39.3 Å².